The second-order valence-electron chi connectivity index (χ2n) is 7.03. The molecule has 3 heterocycles. The maximum atomic E-state index is 12.6. The van der Waals surface area contributed by atoms with Crippen LogP contribution in [0.5, 0.6) is 5.88 Å². The van der Waals surface area contributed by atoms with Crippen LogP contribution in [0.25, 0.3) is 0 Å². The van der Waals surface area contributed by atoms with Gasteiger partial charge >= 0.3 is 0 Å². The predicted octanol–water partition coefficient (Wildman–Crippen LogP) is 2.44. The summed E-state index contributed by atoms with van der Waals surface area (Å²) in [7, 11) is 0. The van der Waals surface area contributed by atoms with Gasteiger partial charge in [-0.1, -0.05) is 0 Å². The lowest BCUT2D eigenvalue weighted by atomic mass is 10.0. The fourth-order valence-corrected chi connectivity index (χ4v) is 3.51. The molecule has 0 spiro atoms. The molecule has 0 bridgehead atoms. The third-order valence-electron chi connectivity index (χ3n) is 4.83. The Morgan fingerprint density at radius 2 is 2.12 bits per heavy atom. The Bertz CT molecular complexity index is 746. The third kappa shape index (κ3) is 4.39. The number of H-pyrrole nitrogens is 1. The van der Waals surface area contributed by atoms with Crippen LogP contribution >= 0.6 is 0 Å². The molecule has 2 aromatic heterocycles. The van der Waals surface area contributed by atoms with E-state index in [-0.39, 0.29) is 12.0 Å². The number of nitrogens with zero attached hydrogens (tertiary/aromatic N) is 4. The lowest BCUT2D eigenvalue weighted by molar-refractivity contribution is -0.133. The van der Waals surface area contributed by atoms with E-state index in [1.54, 1.807) is 0 Å². The van der Waals surface area contributed by atoms with Crippen LogP contribution in [0.1, 0.15) is 47.7 Å². The van der Waals surface area contributed by atoms with Gasteiger partial charge in [-0.15, -0.1) is 0 Å². The van der Waals surface area contributed by atoms with E-state index in [4.69, 9.17) is 4.74 Å². The van der Waals surface area contributed by atoms with Gasteiger partial charge in [-0.2, -0.15) is 10.1 Å². The van der Waals surface area contributed by atoms with Crippen molar-refractivity contribution in [2.24, 2.45) is 0 Å². The molecule has 0 radical (unpaired) electrons. The molecule has 2 aromatic rings. The molecule has 0 saturated carbocycles. The highest BCUT2D eigenvalue weighted by molar-refractivity contribution is 5.76. The van der Waals surface area contributed by atoms with Gasteiger partial charge in [0.15, 0.2) is 0 Å². The maximum absolute atomic E-state index is 12.6. The van der Waals surface area contributed by atoms with Gasteiger partial charge in [0.1, 0.15) is 11.9 Å². The van der Waals surface area contributed by atoms with Gasteiger partial charge in [0, 0.05) is 30.4 Å². The molecule has 1 atom stereocenters. The van der Waals surface area contributed by atoms with Gasteiger partial charge in [0.2, 0.25) is 11.8 Å². The van der Waals surface area contributed by atoms with Crippen molar-refractivity contribution >= 4 is 5.91 Å². The van der Waals surface area contributed by atoms with Crippen LogP contribution in [0, 0.1) is 27.7 Å². The molecule has 7 heteroatoms. The number of amides is 1. The Morgan fingerprint density at radius 1 is 1.31 bits per heavy atom. The summed E-state index contributed by atoms with van der Waals surface area (Å²) in [6.45, 7) is 9.17. The number of ether oxygens (including phenoxy) is 1. The zero-order valence-electron chi connectivity index (χ0n) is 16.0. The van der Waals surface area contributed by atoms with E-state index >= 15 is 0 Å². The number of likely N-dealkylation sites (tertiary alicyclic amines) is 1. The molecule has 1 aliphatic heterocycles. The van der Waals surface area contributed by atoms with Crippen molar-refractivity contribution in [2.45, 2.75) is 59.5 Å². The molecule has 1 fully saturated rings. The SMILES string of the molecule is Cc1cc(OC2CCCN(C(=O)CCc3c(C)n[nH]c3C)C2)nc(C)n1. The second-order valence-corrected chi connectivity index (χ2v) is 7.03. The summed E-state index contributed by atoms with van der Waals surface area (Å²) in [6.07, 6.45) is 3.09. The fraction of sp³-hybridized carbons (Fsp3) is 0.579. The van der Waals surface area contributed by atoms with E-state index in [1.807, 2.05) is 38.7 Å². The Hall–Kier alpha value is -2.44. The molecule has 0 aliphatic carbocycles. The summed E-state index contributed by atoms with van der Waals surface area (Å²) in [5.41, 5.74) is 4.06. The molecular weight excluding hydrogens is 330 g/mol. The van der Waals surface area contributed by atoms with Crippen molar-refractivity contribution in [1.29, 1.82) is 0 Å². The lowest BCUT2D eigenvalue weighted by Gasteiger charge is -2.32. The van der Waals surface area contributed by atoms with Gasteiger partial charge in [-0.3, -0.25) is 9.89 Å². The molecular formula is C19H27N5O2. The molecule has 26 heavy (non-hydrogen) atoms. The van der Waals surface area contributed by atoms with Gasteiger partial charge in [0.05, 0.1) is 12.2 Å². The monoisotopic (exact) mass is 357 g/mol. The molecule has 0 aromatic carbocycles. The van der Waals surface area contributed by atoms with Gasteiger partial charge in [-0.05, 0) is 52.5 Å². The average molecular weight is 357 g/mol. The summed E-state index contributed by atoms with van der Waals surface area (Å²) >= 11 is 0. The van der Waals surface area contributed by atoms with Crippen molar-refractivity contribution < 1.29 is 9.53 Å². The topological polar surface area (TPSA) is 84.0 Å². The summed E-state index contributed by atoms with van der Waals surface area (Å²) < 4.78 is 6.03. The van der Waals surface area contributed by atoms with Crippen LogP contribution < -0.4 is 4.74 Å². The Labute approximate surface area is 154 Å². The largest absolute Gasteiger partial charge is 0.472 e. The van der Waals surface area contributed by atoms with Crippen molar-refractivity contribution in [3.63, 3.8) is 0 Å². The minimum Gasteiger partial charge on any atom is -0.472 e. The molecule has 1 N–H and O–H groups in total. The molecule has 1 unspecified atom stereocenters. The third-order valence-corrected chi connectivity index (χ3v) is 4.83. The normalized spacial score (nSPS) is 17.4. The highest BCUT2D eigenvalue weighted by Crippen LogP contribution is 2.19. The first-order chi connectivity index (χ1) is 12.4. The first-order valence-electron chi connectivity index (χ1n) is 9.19. The van der Waals surface area contributed by atoms with Crippen LogP contribution in [-0.4, -0.2) is 50.2 Å². The number of rotatable bonds is 5. The van der Waals surface area contributed by atoms with Crippen molar-refractivity contribution in [3.8, 4) is 5.88 Å². The second kappa shape index (κ2) is 7.85. The van der Waals surface area contributed by atoms with E-state index in [9.17, 15) is 4.79 Å². The van der Waals surface area contributed by atoms with E-state index in [1.165, 1.54) is 0 Å². The molecule has 1 amide bonds. The van der Waals surface area contributed by atoms with E-state index in [0.29, 0.717) is 24.7 Å². The van der Waals surface area contributed by atoms with E-state index in [2.05, 4.69) is 20.2 Å². The van der Waals surface area contributed by atoms with E-state index in [0.717, 1.165) is 48.5 Å². The van der Waals surface area contributed by atoms with Crippen molar-refractivity contribution in [2.75, 3.05) is 13.1 Å². The van der Waals surface area contributed by atoms with Crippen LogP contribution in [0.2, 0.25) is 0 Å². The summed E-state index contributed by atoms with van der Waals surface area (Å²) in [5.74, 6) is 1.47. The van der Waals surface area contributed by atoms with Crippen LogP contribution in [0.3, 0.4) is 0 Å². The molecule has 140 valence electrons. The number of carbonyl (C=O) groups is 1. The van der Waals surface area contributed by atoms with Crippen LogP contribution in [0.4, 0.5) is 0 Å². The van der Waals surface area contributed by atoms with Gasteiger partial charge in [-0.25, -0.2) is 4.98 Å². The summed E-state index contributed by atoms with van der Waals surface area (Å²) in [6, 6.07) is 1.85. The highest BCUT2D eigenvalue weighted by Gasteiger charge is 2.25. The standard InChI is InChI=1S/C19H27N5O2/c1-12-10-18(21-15(4)20-12)26-16-6-5-9-24(11-16)19(25)8-7-17-13(2)22-23-14(17)3/h10,16H,5-9,11H2,1-4H3,(H,22,23). The number of piperidine rings is 1. The minimum absolute atomic E-state index is 0.0150. The zero-order valence-corrected chi connectivity index (χ0v) is 16.0. The predicted molar refractivity (Wildman–Crippen MR) is 98.1 cm³/mol. The minimum atomic E-state index is -0.0150. The number of hydrogen-bond donors (Lipinski definition) is 1. The number of carbonyl (C=O) groups excluding carboxylic acids is 1. The summed E-state index contributed by atoms with van der Waals surface area (Å²) in [4.78, 5) is 23.2. The highest BCUT2D eigenvalue weighted by atomic mass is 16.5. The number of aromatic nitrogens is 4. The Morgan fingerprint density at radius 3 is 2.81 bits per heavy atom. The first kappa shape index (κ1) is 18.4. The van der Waals surface area contributed by atoms with Crippen LogP contribution in [-0.2, 0) is 11.2 Å². The molecule has 1 aliphatic rings. The smallest absolute Gasteiger partial charge is 0.223 e. The number of aryl methyl sites for hydroxylation is 4. The Balaban J connectivity index is 1.56. The Kier molecular flexibility index (Phi) is 5.54. The quantitative estimate of drug-likeness (QED) is 0.888. The fourth-order valence-electron chi connectivity index (χ4n) is 3.51. The number of aromatic amines is 1. The zero-order chi connectivity index (χ0) is 18.7. The average Bonchev–Trinajstić information content (AvgIpc) is 2.90. The number of nitrogens with one attached hydrogen (secondary N) is 1. The summed E-state index contributed by atoms with van der Waals surface area (Å²) in [5, 5.41) is 7.17. The van der Waals surface area contributed by atoms with Crippen molar-refractivity contribution in [3.05, 3.63) is 34.5 Å². The van der Waals surface area contributed by atoms with Crippen LogP contribution in [0.15, 0.2) is 6.07 Å². The molecule has 3 rings (SSSR count). The number of hydrogen-bond acceptors (Lipinski definition) is 5. The lowest BCUT2D eigenvalue weighted by Crippen LogP contribution is -2.44. The van der Waals surface area contributed by atoms with Crippen molar-refractivity contribution in [1.82, 2.24) is 25.1 Å². The molecule has 1 saturated heterocycles. The molecule has 7 nitrogen and oxygen atoms in total. The van der Waals surface area contributed by atoms with Gasteiger partial charge < -0.3 is 9.64 Å². The maximum Gasteiger partial charge on any atom is 0.223 e. The van der Waals surface area contributed by atoms with Gasteiger partial charge in [0.25, 0.3) is 0 Å². The van der Waals surface area contributed by atoms with E-state index < -0.39 is 0 Å². The first-order valence-corrected chi connectivity index (χ1v) is 9.19.